The van der Waals surface area contributed by atoms with E-state index in [2.05, 4.69) is 0 Å². The summed E-state index contributed by atoms with van der Waals surface area (Å²) in [4.78, 5) is 26.4. The summed E-state index contributed by atoms with van der Waals surface area (Å²) < 4.78 is 40.1. The van der Waals surface area contributed by atoms with Crippen molar-refractivity contribution in [2.75, 3.05) is 6.61 Å². The molecule has 2 aromatic carbocycles. The van der Waals surface area contributed by atoms with Crippen LogP contribution in [-0.2, 0) is 20.9 Å². The molecule has 1 heterocycles. The Hall–Kier alpha value is -2.71. The standard InChI is InChI=1S/C22H22ClF2NO5/c1-22(2,3)30-11-18-20(27)26(10-14-15(24)5-4-6-16(14)25)19(21(28)29)13-9-12(23)7-8-17(13)31-18/h4-9,18-19H,10-11H2,1-3H3,(H,28,29). The highest BCUT2D eigenvalue weighted by atomic mass is 35.5. The smallest absolute Gasteiger partial charge is 0.331 e. The lowest BCUT2D eigenvalue weighted by molar-refractivity contribution is -0.156. The third-order valence-electron chi connectivity index (χ3n) is 4.70. The number of amides is 1. The number of carbonyl (C=O) groups excluding carboxylic acids is 1. The van der Waals surface area contributed by atoms with Crippen molar-refractivity contribution in [3.05, 3.63) is 64.2 Å². The first-order valence-electron chi connectivity index (χ1n) is 9.54. The lowest BCUT2D eigenvalue weighted by atomic mass is 10.0. The number of benzene rings is 2. The molecule has 31 heavy (non-hydrogen) atoms. The van der Waals surface area contributed by atoms with Crippen molar-refractivity contribution in [2.45, 2.75) is 45.1 Å². The highest BCUT2D eigenvalue weighted by molar-refractivity contribution is 6.30. The first-order valence-corrected chi connectivity index (χ1v) is 9.92. The highest BCUT2D eigenvalue weighted by Crippen LogP contribution is 2.37. The molecule has 2 atom stereocenters. The van der Waals surface area contributed by atoms with Crippen LogP contribution in [0.2, 0.25) is 5.02 Å². The number of hydrogen-bond acceptors (Lipinski definition) is 4. The Balaban J connectivity index is 2.11. The van der Waals surface area contributed by atoms with Gasteiger partial charge in [-0.1, -0.05) is 17.7 Å². The van der Waals surface area contributed by atoms with E-state index in [-0.39, 0.29) is 22.9 Å². The number of ether oxygens (including phenoxy) is 2. The maximum Gasteiger partial charge on any atom is 0.331 e. The zero-order chi connectivity index (χ0) is 22.9. The Morgan fingerprint density at radius 3 is 2.45 bits per heavy atom. The normalized spacial score (nSPS) is 18.9. The summed E-state index contributed by atoms with van der Waals surface area (Å²) in [6.07, 6.45) is -1.22. The van der Waals surface area contributed by atoms with E-state index in [1.807, 2.05) is 0 Å². The summed E-state index contributed by atoms with van der Waals surface area (Å²) in [6.45, 7) is 4.56. The van der Waals surface area contributed by atoms with Crippen LogP contribution in [-0.4, -0.2) is 40.2 Å². The summed E-state index contributed by atoms with van der Waals surface area (Å²) in [6, 6.07) is 6.01. The number of halogens is 3. The summed E-state index contributed by atoms with van der Waals surface area (Å²) in [5.41, 5.74) is -0.931. The molecule has 6 nitrogen and oxygen atoms in total. The second-order valence-electron chi connectivity index (χ2n) is 8.12. The summed E-state index contributed by atoms with van der Waals surface area (Å²) >= 11 is 6.06. The minimum atomic E-state index is -1.57. The van der Waals surface area contributed by atoms with Gasteiger partial charge in [0.15, 0.2) is 12.1 Å². The van der Waals surface area contributed by atoms with E-state index < -0.39 is 53.4 Å². The minimum absolute atomic E-state index is 0.100. The van der Waals surface area contributed by atoms with E-state index in [4.69, 9.17) is 21.1 Å². The Kier molecular flexibility index (Phi) is 6.52. The molecule has 2 aromatic rings. The summed E-state index contributed by atoms with van der Waals surface area (Å²) in [5.74, 6) is -3.82. The maximum absolute atomic E-state index is 14.3. The fraction of sp³-hybridized carbons (Fsp3) is 0.364. The molecule has 2 unspecified atom stereocenters. The maximum atomic E-state index is 14.3. The van der Waals surface area contributed by atoms with E-state index in [9.17, 15) is 23.5 Å². The second kappa shape index (κ2) is 8.80. The van der Waals surface area contributed by atoms with Gasteiger partial charge >= 0.3 is 5.97 Å². The molecule has 1 N–H and O–H groups in total. The Morgan fingerprint density at radius 2 is 1.87 bits per heavy atom. The third kappa shape index (κ3) is 5.14. The number of carboxylic acids is 1. The number of fused-ring (bicyclic) bond motifs is 1. The van der Waals surface area contributed by atoms with Crippen molar-refractivity contribution in [1.82, 2.24) is 4.90 Å². The van der Waals surface area contributed by atoms with Gasteiger partial charge in [0.2, 0.25) is 0 Å². The van der Waals surface area contributed by atoms with Gasteiger partial charge < -0.3 is 19.5 Å². The number of hydrogen-bond donors (Lipinski definition) is 1. The monoisotopic (exact) mass is 453 g/mol. The zero-order valence-corrected chi connectivity index (χ0v) is 18.0. The molecule has 0 aliphatic carbocycles. The van der Waals surface area contributed by atoms with Crippen LogP contribution in [0.25, 0.3) is 0 Å². The zero-order valence-electron chi connectivity index (χ0n) is 17.2. The number of nitrogens with zero attached hydrogens (tertiary/aromatic N) is 1. The first kappa shape index (κ1) is 23.0. The molecule has 9 heteroatoms. The lowest BCUT2D eigenvalue weighted by Gasteiger charge is -2.30. The minimum Gasteiger partial charge on any atom is -0.479 e. The van der Waals surface area contributed by atoms with Gasteiger partial charge in [0.25, 0.3) is 5.91 Å². The summed E-state index contributed by atoms with van der Waals surface area (Å²) in [5, 5.41) is 10.2. The molecule has 0 spiro atoms. The molecule has 0 radical (unpaired) electrons. The fourth-order valence-electron chi connectivity index (χ4n) is 3.24. The van der Waals surface area contributed by atoms with Crippen LogP contribution in [0.1, 0.15) is 37.9 Å². The second-order valence-corrected chi connectivity index (χ2v) is 8.56. The van der Waals surface area contributed by atoms with Gasteiger partial charge in [-0.15, -0.1) is 0 Å². The van der Waals surface area contributed by atoms with Gasteiger partial charge in [0, 0.05) is 16.1 Å². The molecule has 1 aliphatic heterocycles. The van der Waals surface area contributed by atoms with Crippen LogP contribution in [0.15, 0.2) is 36.4 Å². The van der Waals surface area contributed by atoms with Crippen molar-refractivity contribution < 1.29 is 33.0 Å². The summed E-state index contributed by atoms with van der Waals surface area (Å²) in [7, 11) is 0. The molecule has 0 saturated carbocycles. The van der Waals surface area contributed by atoms with Gasteiger partial charge in [-0.3, -0.25) is 4.79 Å². The molecular weight excluding hydrogens is 432 g/mol. The van der Waals surface area contributed by atoms with Crippen molar-refractivity contribution in [2.24, 2.45) is 0 Å². The molecule has 166 valence electrons. The molecule has 1 amide bonds. The SMILES string of the molecule is CC(C)(C)OCC1Oc2ccc(Cl)cc2C(C(=O)O)N(Cc2c(F)cccc2F)C1=O. The topological polar surface area (TPSA) is 76.1 Å². The van der Waals surface area contributed by atoms with E-state index in [0.29, 0.717) is 0 Å². The van der Waals surface area contributed by atoms with Gasteiger partial charge in [0.05, 0.1) is 18.8 Å². The first-order chi connectivity index (χ1) is 14.5. The number of aliphatic carboxylic acids is 1. The Bertz CT molecular complexity index is 988. The largest absolute Gasteiger partial charge is 0.479 e. The van der Waals surface area contributed by atoms with Crippen LogP contribution in [0.3, 0.4) is 0 Å². The van der Waals surface area contributed by atoms with E-state index >= 15 is 0 Å². The van der Waals surface area contributed by atoms with Crippen LogP contribution in [0.5, 0.6) is 5.75 Å². The Labute approximate surface area is 183 Å². The van der Waals surface area contributed by atoms with Crippen LogP contribution < -0.4 is 4.74 Å². The van der Waals surface area contributed by atoms with Gasteiger partial charge in [0.1, 0.15) is 17.4 Å². The van der Waals surface area contributed by atoms with Crippen molar-refractivity contribution in [3.63, 3.8) is 0 Å². The van der Waals surface area contributed by atoms with Crippen LogP contribution in [0.4, 0.5) is 8.78 Å². The van der Waals surface area contributed by atoms with Crippen molar-refractivity contribution >= 4 is 23.5 Å². The predicted octanol–water partition coefficient (Wildman–Crippen LogP) is 4.35. The fourth-order valence-corrected chi connectivity index (χ4v) is 3.42. The average molecular weight is 454 g/mol. The van der Waals surface area contributed by atoms with E-state index in [0.717, 1.165) is 17.0 Å². The van der Waals surface area contributed by atoms with Crippen molar-refractivity contribution in [3.8, 4) is 5.75 Å². The average Bonchev–Trinajstić information content (AvgIpc) is 2.77. The van der Waals surface area contributed by atoms with Gasteiger partial charge in [-0.2, -0.15) is 0 Å². The molecule has 0 bridgehead atoms. The van der Waals surface area contributed by atoms with Gasteiger partial charge in [-0.25, -0.2) is 13.6 Å². The Morgan fingerprint density at radius 1 is 1.23 bits per heavy atom. The third-order valence-corrected chi connectivity index (χ3v) is 4.93. The lowest BCUT2D eigenvalue weighted by Crippen LogP contribution is -2.46. The molecule has 0 aromatic heterocycles. The quantitative estimate of drug-likeness (QED) is 0.728. The number of carbonyl (C=O) groups is 2. The number of rotatable bonds is 5. The highest BCUT2D eigenvalue weighted by Gasteiger charge is 2.42. The van der Waals surface area contributed by atoms with Gasteiger partial charge in [-0.05, 0) is 51.1 Å². The molecular formula is C22H22ClF2NO5. The molecule has 0 saturated heterocycles. The molecule has 1 aliphatic rings. The molecule has 0 fully saturated rings. The van der Waals surface area contributed by atoms with Crippen molar-refractivity contribution in [1.29, 1.82) is 0 Å². The van der Waals surface area contributed by atoms with E-state index in [1.165, 1.54) is 24.3 Å². The van der Waals surface area contributed by atoms with E-state index in [1.54, 1.807) is 20.8 Å². The van der Waals surface area contributed by atoms with Crippen LogP contribution >= 0.6 is 11.6 Å². The molecule has 3 rings (SSSR count). The predicted molar refractivity (Wildman–Crippen MR) is 109 cm³/mol. The number of carboxylic acid groups (broad SMARTS) is 1. The van der Waals surface area contributed by atoms with Crippen LogP contribution in [0, 0.1) is 11.6 Å².